The van der Waals surface area contributed by atoms with Crippen LogP contribution in [0, 0.1) is 0 Å². The SMILES string of the molecule is CC/C=C\C/C=C\C/C=C\C/C=C\CCCCC(=O)O[C@H](CO/C=C\CCCCCCCCCCCCCC)COP(=O)(O)OC1C(O)C(O)C(O)[C@@H](O)C1O. The smallest absolute Gasteiger partial charge is 0.472 e. The maximum atomic E-state index is 12.8. The molecule has 0 aromatic rings. The molecule has 0 radical (unpaired) electrons. The molecule has 324 valence electrons. The Morgan fingerprint density at radius 3 is 1.61 bits per heavy atom. The van der Waals surface area contributed by atoms with Crippen LogP contribution < -0.4 is 0 Å². The van der Waals surface area contributed by atoms with E-state index >= 15 is 0 Å². The summed E-state index contributed by atoms with van der Waals surface area (Å²) in [6, 6.07) is 0. The summed E-state index contributed by atoms with van der Waals surface area (Å²) in [6.07, 6.45) is 29.5. The Morgan fingerprint density at radius 1 is 0.589 bits per heavy atom. The van der Waals surface area contributed by atoms with Crippen LogP contribution in [0.5, 0.6) is 0 Å². The van der Waals surface area contributed by atoms with E-state index in [9.17, 15) is 39.8 Å². The maximum Gasteiger partial charge on any atom is 0.472 e. The molecule has 0 bridgehead atoms. The monoisotopic (exact) mass is 814 g/mol. The number of hydrogen-bond acceptors (Lipinski definition) is 11. The summed E-state index contributed by atoms with van der Waals surface area (Å²) in [7, 11) is -5.04. The van der Waals surface area contributed by atoms with Gasteiger partial charge in [0, 0.05) is 6.42 Å². The van der Waals surface area contributed by atoms with Gasteiger partial charge < -0.3 is 39.9 Å². The first kappa shape index (κ1) is 51.9. The fourth-order valence-electron chi connectivity index (χ4n) is 6.08. The quantitative estimate of drug-likeness (QED) is 0.0120. The molecule has 0 saturated heterocycles. The number of phosphoric ester groups is 1. The zero-order valence-corrected chi connectivity index (χ0v) is 35.1. The highest BCUT2D eigenvalue weighted by molar-refractivity contribution is 7.47. The molecule has 1 fully saturated rings. The Bertz CT molecular complexity index is 1160. The van der Waals surface area contributed by atoms with Crippen LogP contribution in [-0.4, -0.2) is 92.3 Å². The lowest BCUT2D eigenvalue weighted by atomic mass is 9.85. The minimum absolute atomic E-state index is 0.116. The summed E-state index contributed by atoms with van der Waals surface area (Å²) in [6.45, 7) is 3.55. The number of phosphoric acid groups is 1. The minimum Gasteiger partial charge on any atom is -0.498 e. The number of aliphatic hydroxyl groups excluding tert-OH is 5. The van der Waals surface area contributed by atoms with Gasteiger partial charge in [-0.1, -0.05) is 133 Å². The van der Waals surface area contributed by atoms with E-state index in [0.29, 0.717) is 6.42 Å². The fourth-order valence-corrected chi connectivity index (χ4v) is 7.05. The Kier molecular flexibility index (Phi) is 31.3. The highest BCUT2D eigenvalue weighted by Crippen LogP contribution is 2.47. The van der Waals surface area contributed by atoms with Crippen LogP contribution in [0.4, 0.5) is 0 Å². The van der Waals surface area contributed by atoms with Crippen LogP contribution in [0.1, 0.15) is 149 Å². The van der Waals surface area contributed by atoms with Crippen molar-refractivity contribution >= 4 is 13.8 Å². The van der Waals surface area contributed by atoms with Crippen LogP contribution in [0.2, 0.25) is 0 Å². The van der Waals surface area contributed by atoms with Crippen molar-refractivity contribution in [2.24, 2.45) is 0 Å². The molecule has 12 nitrogen and oxygen atoms in total. The number of carbonyl (C=O) groups is 1. The third kappa shape index (κ3) is 26.0. The van der Waals surface area contributed by atoms with E-state index < -0.39 is 63.1 Å². The van der Waals surface area contributed by atoms with E-state index in [2.05, 4.69) is 62.5 Å². The van der Waals surface area contributed by atoms with E-state index in [1.807, 2.05) is 6.08 Å². The molecule has 6 N–H and O–H groups in total. The molecule has 0 aromatic heterocycles. The molecular weight excluding hydrogens is 739 g/mol. The average Bonchev–Trinajstić information content (AvgIpc) is 3.18. The van der Waals surface area contributed by atoms with E-state index in [1.165, 1.54) is 70.5 Å². The van der Waals surface area contributed by atoms with E-state index in [1.54, 1.807) is 0 Å². The number of aliphatic hydroxyl groups is 5. The highest BCUT2D eigenvalue weighted by atomic mass is 31.2. The van der Waals surface area contributed by atoms with Crippen molar-refractivity contribution in [3.8, 4) is 0 Å². The summed E-state index contributed by atoms with van der Waals surface area (Å²) in [5.41, 5.74) is 0. The van der Waals surface area contributed by atoms with Gasteiger partial charge in [0.25, 0.3) is 0 Å². The predicted molar refractivity (Wildman–Crippen MR) is 221 cm³/mol. The second-order valence-electron chi connectivity index (χ2n) is 14.5. The summed E-state index contributed by atoms with van der Waals surface area (Å²) >= 11 is 0. The van der Waals surface area contributed by atoms with Gasteiger partial charge in [-0.25, -0.2) is 4.57 Å². The summed E-state index contributed by atoms with van der Waals surface area (Å²) in [5, 5.41) is 50.0. The van der Waals surface area contributed by atoms with Crippen molar-refractivity contribution < 1.29 is 58.3 Å². The predicted octanol–water partition coefficient (Wildman–Crippen LogP) is 8.21. The van der Waals surface area contributed by atoms with E-state index in [0.717, 1.165) is 57.8 Å². The van der Waals surface area contributed by atoms with Gasteiger partial charge in [-0.15, -0.1) is 0 Å². The van der Waals surface area contributed by atoms with Crippen molar-refractivity contribution in [2.75, 3.05) is 13.2 Å². The summed E-state index contributed by atoms with van der Waals surface area (Å²) < 4.78 is 33.8. The highest BCUT2D eigenvalue weighted by Gasteiger charge is 2.51. The largest absolute Gasteiger partial charge is 0.498 e. The van der Waals surface area contributed by atoms with Gasteiger partial charge in [0.05, 0.1) is 12.9 Å². The van der Waals surface area contributed by atoms with Gasteiger partial charge in [0.2, 0.25) is 0 Å². The molecule has 6 unspecified atom stereocenters. The maximum absolute atomic E-state index is 12.8. The lowest BCUT2D eigenvalue weighted by Crippen LogP contribution is -2.64. The molecule has 0 spiro atoms. The zero-order chi connectivity index (χ0) is 41.3. The van der Waals surface area contributed by atoms with E-state index in [4.69, 9.17) is 18.5 Å². The Balaban J connectivity index is 2.51. The third-order valence-electron chi connectivity index (χ3n) is 9.47. The molecule has 1 aliphatic carbocycles. The number of esters is 1. The van der Waals surface area contributed by atoms with Crippen LogP contribution in [0.15, 0.2) is 60.9 Å². The molecule has 0 amide bonds. The molecule has 8 atom stereocenters. The lowest BCUT2D eigenvalue weighted by Gasteiger charge is -2.41. The van der Waals surface area contributed by atoms with Crippen molar-refractivity contribution in [2.45, 2.75) is 191 Å². The zero-order valence-electron chi connectivity index (χ0n) is 34.2. The van der Waals surface area contributed by atoms with Crippen LogP contribution in [0.25, 0.3) is 0 Å². The first-order valence-corrected chi connectivity index (χ1v) is 22.7. The Morgan fingerprint density at radius 2 is 1.05 bits per heavy atom. The Hall–Kier alpha value is -2.12. The second kappa shape index (κ2) is 33.8. The topological polar surface area (TPSA) is 192 Å². The minimum atomic E-state index is -5.04. The normalized spacial score (nSPS) is 23.6. The number of rotatable bonds is 34. The molecule has 13 heteroatoms. The average molecular weight is 815 g/mol. The summed E-state index contributed by atoms with van der Waals surface area (Å²) in [4.78, 5) is 23.0. The van der Waals surface area contributed by atoms with Crippen molar-refractivity contribution in [3.05, 3.63) is 60.9 Å². The van der Waals surface area contributed by atoms with Crippen molar-refractivity contribution in [1.82, 2.24) is 0 Å². The molecule has 1 aliphatic rings. The van der Waals surface area contributed by atoms with E-state index in [-0.39, 0.29) is 13.0 Å². The van der Waals surface area contributed by atoms with Crippen LogP contribution in [0.3, 0.4) is 0 Å². The molecule has 0 aliphatic heterocycles. The number of allylic oxidation sites excluding steroid dienone is 9. The van der Waals surface area contributed by atoms with Crippen molar-refractivity contribution in [3.63, 3.8) is 0 Å². The van der Waals surface area contributed by atoms with Gasteiger partial charge in [-0.2, -0.15) is 0 Å². The van der Waals surface area contributed by atoms with Crippen molar-refractivity contribution in [1.29, 1.82) is 0 Å². The molecule has 1 saturated carbocycles. The number of unbranched alkanes of at least 4 members (excludes halogenated alkanes) is 14. The number of ether oxygens (including phenoxy) is 2. The van der Waals surface area contributed by atoms with Gasteiger partial charge >= 0.3 is 13.8 Å². The number of hydrogen-bond donors (Lipinski definition) is 6. The third-order valence-corrected chi connectivity index (χ3v) is 10.5. The molecule has 1 rings (SSSR count). The second-order valence-corrected chi connectivity index (χ2v) is 15.9. The van der Waals surface area contributed by atoms with Gasteiger partial charge in [-0.3, -0.25) is 13.8 Å². The Labute approximate surface area is 337 Å². The number of carbonyl (C=O) groups excluding carboxylic acids is 1. The fraction of sp³-hybridized carbons (Fsp3) is 0.744. The summed E-state index contributed by atoms with van der Waals surface area (Å²) in [5.74, 6) is -0.542. The van der Waals surface area contributed by atoms with Crippen LogP contribution >= 0.6 is 7.82 Å². The molecule has 56 heavy (non-hydrogen) atoms. The molecule has 0 aromatic carbocycles. The van der Waals surface area contributed by atoms with Crippen LogP contribution in [-0.2, 0) is 27.9 Å². The first-order chi connectivity index (χ1) is 27.0. The molecule has 0 heterocycles. The molecular formula is C43H75O12P. The van der Waals surface area contributed by atoms with Gasteiger partial charge in [-0.05, 0) is 63.9 Å². The lowest BCUT2D eigenvalue weighted by molar-refractivity contribution is -0.220. The standard InChI is InChI=1S/C43H75O12P/c1-3-5-7-9-11-13-15-17-19-20-22-24-26-28-30-32-37(44)54-36(34-52-33-31-29-27-25-23-21-18-16-14-12-10-8-6-4-2)35-53-56(50,51)55-43-41(48)39(46)38(45)40(47)42(43)49/h5,7,11,13,17,19,22,24,31,33,36,38-43,45-49H,3-4,6,8-10,12,14-16,18,20-21,23,25-30,32,34-35H2,1-2H3,(H,50,51)/b7-5-,13-11-,19-17-,24-22-,33-31-/t36-,38?,39-,40?,41?,42?,43?/m1/s1. The van der Waals surface area contributed by atoms with Gasteiger partial charge in [0.1, 0.15) is 43.2 Å². The van der Waals surface area contributed by atoms with Gasteiger partial charge in [0.15, 0.2) is 6.10 Å². The first-order valence-electron chi connectivity index (χ1n) is 21.2.